The number of nitrogens with one attached hydrogen (secondary N) is 1. The van der Waals surface area contributed by atoms with E-state index in [9.17, 15) is 4.79 Å². The molecule has 0 radical (unpaired) electrons. The summed E-state index contributed by atoms with van der Waals surface area (Å²) in [6.45, 7) is 6.44. The fraction of sp³-hybridized carbons (Fsp3) is 0.304. The summed E-state index contributed by atoms with van der Waals surface area (Å²) in [6.07, 6.45) is 1.47. The number of H-pyrrole nitrogens is 1. The summed E-state index contributed by atoms with van der Waals surface area (Å²) in [5.74, 6) is 0.582. The molecule has 0 unspecified atom stereocenters. The second-order valence-corrected chi connectivity index (χ2v) is 7.77. The number of aromatic nitrogens is 3. The minimum absolute atomic E-state index is 0.120. The van der Waals surface area contributed by atoms with Crippen LogP contribution in [0, 0.1) is 4.77 Å². The molecule has 0 bridgehead atoms. The number of carbonyl (C=O) groups excluding carboxylic acids is 1. The van der Waals surface area contributed by atoms with Gasteiger partial charge in [-0.2, -0.15) is 14.9 Å². The van der Waals surface area contributed by atoms with Crippen molar-refractivity contribution in [2.45, 2.75) is 26.7 Å². The number of aryl methyl sites for hydroxylation is 2. The summed E-state index contributed by atoms with van der Waals surface area (Å²) in [4.78, 5) is 17.3. The molecule has 2 heterocycles. The number of fused-ring (bicyclic) bond motifs is 1. The van der Waals surface area contributed by atoms with E-state index in [-0.39, 0.29) is 5.91 Å². The van der Waals surface area contributed by atoms with Crippen molar-refractivity contribution in [3.8, 4) is 0 Å². The molecule has 0 saturated carbocycles. The fourth-order valence-corrected chi connectivity index (χ4v) is 3.90. The van der Waals surface area contributed by atoms with Gasteiger partial charge in [-0.05, 0) is 43.4 Å². The number of nitrogens with zero attached hydrogens (tertiary/aromatic N) is 5. The van der Waals surface area contributed by atoms with E-state index in [1.54, 1.807) is 9.58 Å². The molecule has 0 aliphatic carbocycles. The van der Waals surface area contributed by atoms with Gasteiger partial charge in [-0.15, -0.1) is 0 Å². The molecular weight excluding hydrogens is 408 g/mol. The molecule has 0 fully saturated rings. The largest absolute Gasteiger partial charge is 0.293 e. The van der Waals surface area contributed by atoms with Crippen molar-refractivity contribution in [1.29, 1.82) is 0 Å². The first-order valence-corrected chi connectivity index (χ1v) is 11.0. The van der Waals surface area contributed by atoms with Crippen LogP contribution < -0.4 is 4.90 Å². The number of benzene rings is 2. The number of anilines is 1. The van der Waals surface area contributed by atoms with Crippen LogP contribution in [-0.2, 0) is 17.6 Å². The lowest BCUT2D eigenvalue weighted by molar-refractivity contribution is -0.112. The Kier molecular flexibility index (Phi) is 6.39. The number of para-hydroxylation sites is 1. The molecule has 4 rings (SSSR count). The Hall–Kier alpha value is -3.10. The van der Waals surface area contributed by atoms with Gasteiger partial charge < -0.3 is 0 Å². The van der Waals surface area contributed by atoms with E-state index in [0.29, 0.717) is 29.4 Å². The Bertz CT molecular complexity index is 1150. The highest BCUT2D eigenvalue weighted by molar-refractivity contribution is 7.71. The number of amides is 1. The molecule has 2 aromatic carbocycles. The Labute approximate surface area is 187 Å². The molecule has 1 N–H and O–H groups in total. The van der Waals surface area contributed by atoms with Crippen molar-refractivity contribution < 1.29 is 4.79 Å². The highest BCUT2D eigenvalue weighted by atomic mass is 32.1. The van der Waals surface area contributed by atoms with Crippen LogP contribution >= 0.6 is 12.2 Å². The first-order chi connectivity index (χ1) is 15.1. The zero-order valence-electron chi connectivity index (χ0n) is 17.8. The number of hydrogen-bond acceptors (Lipinski definition) is 5. The Morgan fingerprint density at radius 3 is 2.48 bits per heavy atom. The van der Waals surface area contributed by atoms with Gasteiger partial charge in [0.1, 0.15) is 0 Å². The zero-order valence-corrected chi connectivity index (χ0v) is 18.6. The summed E-state index contributed by atoms with van der Waals surface area (Å²) in [6, 6.07) is 18.0. The minimum atomic E-state index is -0.120. The smallest absolute Gasteiger partial charge is 0.280 e. The molecule has 8 heteroatoms. The van der Waals surface area contributed by atoms with Crippen LogP contribution in [0.25, 0.3) is 0 Å². The van der Waals surface area contributed by atoms with E-state index in [0.717, 1.165) is 30.8 Å². The van der Waals surface area contributed by atoms with Crippen molar-refractivity contribution >= 4 is 29.5 Å². The minimum Gasteiger partial charge on any atom is -0.293 e. The standard InChI is InChI=1S/C23H26N6OS/c1-3-27(4-2)16-28-19-13-9-8-12-18(19)21(22(28)30)26-29-20(24-25-23(29)31)15-14-17-10-6-5-7-11-17/h5-13H,3-4,14-16H2,1-2H3,(H,25,31)/b26-21-. The molecule has 1 aromatic heterocycles. The Balaban J connectivity index is 1.66. The fourth-order valence-electron chi connectivity index (χ4n) is 3.71. The second-order valence-electron chi connectivity index (χ2n) is 7.39. The van der Waals surface area contributed by atoms with Gasteiger partial charge in [-0.3, -0.25) is 19.7 Å². The SMILES string of the molecule is CCN(CC)CN1C(=O)/C(=N\n2c(CCc3ccccc3)n[nH]c2=S)c2ccccc21. The van der Waals surface area contributed by atoms with E-state index in [1.165, 1.54) is 5.56 Å². The van der Waals surface area contributed by atoms with Crippen molar-refractivity contribution in [2.75, 3.05) is 24.7 Å². The van der Waals surface area contributed by atoms with E-state index >= 15 is 0 Å². The molecule has 3 aromatic rings. The molecule has 160 valence electrons. The molecule has 7 nitrogen and oxygen atoms in total. The van der Waals surface area contributed by atoms with Gasteiger partial charge in [0.2, 0.25) is 4.77 Å². The maximum Gasteiger partial charge on any atom is 0.280 e. The van der Waals surface area contributed by atoms with E-state index in [1.807, 2.05) is 42.5 Å². The normalized spacial score (nSPS) is 14.6. The van der Waals surface area contributed by atoms with Crippen molar-refractivity contribution in [2.24, 2.45) is 5.10 Å². The van der Waals surface area contributed by atoms with Gasteiger partial charge in [0.25, 0.3) is 5.91 Å². The molecule has 1 aliphatic heterocycles. The third-order valence-corrected chi connectivity index (χ3v) is 5.80. The van der Waals surface area contributed by atoms with Gasteiger partial charge in [0.15, 0.2) is 11.5 Å². The molecule has 1 amide bonds. The highest BCUT2D eigenvalue weighted by Gasteiger charge is 2.35. The first kappa shape index (κ1) is 21.1. The third-order valence-electron chi connectivity index (χ3n) is 5.53. The molecule has 31 heavy (non-hydrogen) atoms. The number of rotatable bonds is 8. The predicted octanol–water partition coefficient (Wildman–Crippen LogP) is 3.62. The topological polar surface area (TPSA) is 69.5 Å². The Morgan fingerprint density at radius 2 is 1.74 bits per heavy atom. The van der Waals surface area contributed by atoms with Crippen LogP contribution in [0.5, 0.6) is 0 Å². The maximum absolute atomic E-state index is 13.3. The summed E-state index contributed by atoms with van der Waals surface area (Å²) in [5, 5.41) is 11.9. The van der Waals surface area contributed by atoms with Gasteiger partial charge in [-0.25, -0.2) is 0 Å². The van der Waals surface area contributed by atoms with Crippen molar-refractivity contribution in [3.63, 3.8) is 0 Å². The van der Waals surface area contributed by atoms with Gasteiger partial charge in [0.05, 0.1) is 12.4 Å². The van der Waals surface area contributed by atoms with E-state index in [2.05, 4.69) is 46.2 Å². The molecule has 0 atom stereocenters. The summed E-state index contributed by atoms with van der Waals surface area (Å²) >= 11 is 5.42. The zero-order chi connectivity index (χ0) is 21.8. The lowest BCUT2D eigenvalue weighted by Gasteiger charge is -2.25. The lowest BCUT2D eigenvalue weighted by atomic mass is 10.1. The summed E-state index contributed by atoms with van der Waals surface area (Å²) in [5.41, 5.74) is 3.29. The van der Waals surface area contributed by atoms with Crippen molar-refractivity contribution in [3.05, 3.63) is 76.3 Å². The van der Waals surface area contributed by atoms with E-state index in [4.69, 9.17) is 12.2 Å². The Morgan fingerprint density at radius 1 is 1.03 bits per heavy atom. The maximum atomic E-state index is 13.3. The summed E-state index contributed by atoms with van der Waals surface area (Å²) < 4.78 is 1.96. The number of aromatic amines is 1. The predicted molar refractivity (Wildman–Crippen MR) is 125 cm³/mol. The van der Waals surface area contributed by atoms with Crippen LogP contribution in [0.4, 0.5) is 5.69 Å². The highest BCUT2D eigenvalue weighted by Crippen LogP contribution is 2.29. The van der Waals surface area contributed by atoms with Crippen LogP contribution in [0.1, 0.15) is 30.8 Å². The van der Waals surface area contributed by atoms with Crippen LogP contribution in [0.15, 0.2) is 59.7 Å². The molecular formula is C23H26N6OS. The summed E-state index contributed by atoms with van der Waals surface area (Å²) in [7, 11) is 0. The molecule has 1 aliphatic rings. The monoisotopic (exact) mass is 434 g/mol. The second kappa shape index (κ2) is 9.36. The number of carbonyl (C=O) groups is 1. The van der Waals surface area contributed by atoms with Gasteiger partial charge >= 0.3 is 0 Å². The quantitative estimate of drug-likeness (QED) is 0.550. The average Bonchev–Trinajstić information content (AvgIpc) is 3.28. The van der Waals surface area contributed by atoms with Crippen LogP contribution in [-0.4, -0.2) is 51.2 Å². The lowest BCUT2D eigenvalue weighted by Crippen LogP contribution is -2.41. The third kappa shape index (κ3) is 4.35. The average molecular weight is 435 g/mol. The molecule has 0 spiro atoms. The first-order valence-electron chi connectivity index (χ1n) is 10.5. The van der Waals surface area contributed by atoms with E-state index < -0.39 is 0 Å². The molecule has 0 saturated heterocycles. The van der Waals surface area contributed by atoms with Crippen molar-refractivity contribution in [1.82, 2.24) is 19.8 Å². The number of hydrogen-bond donors (Lipinski definition) is 1. The van der Waals surface area contributed by atoms with Crippen LogP contribution in [0.2, 0.25) is 0 Å². The van der Waals surface area contributed by atoms with Crippen LogP contribution in [0.3, 0.4) is 0 Å². The van der Waals surface area contributed by atoms with Gasteiger partial charge in [0, 0.05) is 12.0 Å². The van der Waals surface area contributed by atoms with Gasteiger partial charge in [-0.1, -0.05) is 62.4 Å².